The van der Waals surface area contributed by atoms with Gasteiger partial charge in [0, 0.05) is 16.3 Å². The Labute approximate surface area is 128 Å². The van der Waals surface area contributed by atoms with Crippen molar-refractivity contribution in [2.45, 2.75) is 22.3 Å². The van der Waals surface area contributed by atoms with E-state index in [-0.39, 0.29) is 10.9 Å². The Hall–Kier alpha value is -1.50. The minimum Gasteiger partial charge on any atom is -0.378 e. The van der Waals surface area contributed by atoms with Crippen LogP contribution in [0.15, 0.2) is 58.3 Å². The van der Waals surface area contributed by atoms with Crippen LogP contribution in [-0.4, -0.2) is 14.2 Å². The maximum Gasteiger partial charge on any atom is 0.238 e. The van der Waals surface area contributed by atoms with E-state index in [2.05, 4.69) is 23.5 Å². The lowest BCUT2D eigenvalue weighted by molar-refractivity contribution is 0.598. The van der Waals surface area contributed by atoms with Crippen molar-refractivity contribution in [2.75, 3.05) is 11.1 Å². The Balaban J connectivity index is 1.82. The summed E-state index contributed by atoms with van der Waals surface area (Å²) in [5.41, 5.74) is 2.19. The smallest absolute Gasteiger partial charge is 0.238 e. The maximum atomic E-state index is 11.3. The Morgan fingerprint density at radius 1 is 1.10 bits per heavy atom. The highest BCUT2D eigenvalue weighted by Crippen LogP contribution is 2.37. The van der Waals surface area contributed by atoms with Gasteiger partial charge >= 0.3 is 0 Å². The van der Waals surface area contributed by atoms with E-state index in [1.165, 1.54) is 22.6 Å². The molecule has 1 unspecified atom stereocenters. The summed E-state index contributed by atoms with van der Waals surface area (Å²) in [5, 5.41) is 8.57. The second-order valence-electron chi connectivity index (χ2n) is 4.94. The summed E-state index contributed by atoms with van der Waals surface area (Å²) in [7, 11) is -3.63. The van der Waals surface area contributed by atoms with E-state index in [4.69, 9.17) is 5.14 Å². The first-order chi connectivity index (χ1) is 10.0. The normalized spacial score (nSPS) is 18.0. The molecule has 6 heteroatoms. The fourth-order valence-electron chi connectivity index (χ4n) is 2.43. The number of anilines is 1. The highest BCUT2D eigenvalue weighted by atomic mass is 32.2. The third-order valence-corrected chi connectivity index (χ3v) is 5.53. The van der Waals surface area contributed by atoms with Crippen LogP contribution < -0.4 is 10.5 Å². The van der Waals surface area contributed by atoms with Crippen molar-refractivity contribution < 1.29 is 8.42 Å². The lowest BCUT2D eigenvalue weighted by Gasteiger charge is -2.26. The first kappa shape index (κ1) is 14.4. The van der Waals surface area contributed by atoms with Gasteiger partial charge in [-0.1, -0.05) is 18.2 Å². The van der Waals surface area contributed by atoms with Crippen molar-refractivity contribution in [3.8, 4) is 0 Å². The number of fused-ring (bicyclic) bond motifs is 1. The van der Waals surface area contributed by atoms with Gasteiger partial charge in [0.05, 0.1) is 10.9 Å². The van der Waals surface area contributed by atoms with Gasteiger partial charge in [0.1, 0.15) is 0 Å². The van der Waals surface area contributed by atoms with Crippen molar-refractivity contribution in [3.63, 3.8) is 0 Å². The highest BCUT2D eigenvalue weighted by Gasteiger charge is 2.20. The zero-order valence-corrected chi connectivity index (χ0v) is 13.0. The summed E-state index contributed by atoms with van der Waals surface area (Å²) in [4.78, 5) is 1.44. The van der Waals surface area contributed by atoms with Crippen LogP contribution in [0.2, 0.25) is 0 Å². The van der Waals surface area contributed by atoms with Crippen molar-refractivity contribution in [1.82, 2.24) is 0 Å². The topological polar surface area (TPSA) is 72.2 Å². The lowest BCUT2D eigenvalue weighted by Crippen LogP contribution is -2.16. The van der Waals surface area contributed by atoms with Gasteiger partial charge in [-0.25, -0.2) is 13.6 Å². The van der Waals surface area contributed by atoms with Crippen LogP contribution in [0.3, 0.4) is 0 Å². The summed E-state index contributed by atoms with van der Waals surface area (Å²) >= 11 is 1.87. The molecule has 0 radical (unpaired) electrons. The molecule has 0 bridgehead atoms. The molecule has 0 fully saturated rings. The molecule has 110 valence electrons. The minimum atomic E-state index is -3.63. The Morgan fingerprint density at radius 2 is 1.81 bits per heavy atom. The van der Waals surface area contributed by atoms with Gasteiger partial charge in [0.15, 0.2) is 0 Å². The van der Waals surface area contributed by atoms with Crippen LogP contribution in [0.25, 0.3) is 0 Å². The first-order valence-corrected chi connectivity index (χ1v) is 9.18. The molecule has 2 aromatic carbocycles. The molecular formula is C15H16N2O2S2. The number of nitrogens with one attached hydrogen (secondary N) is 1. The second kappa shape index (κ2) is 5.71. The van der Waals surface area contributed by atoms with Gasteiger partial charge < -0.3 is 5.32 Å². The molecular weight excluding hydrogens is 304 g/mol. The standard InChI is InChI=1S/C15H16N2O2S2/c16-21(18,19)12-7-5-11(6-8-12)17-14-9-10-20-15-4-2-1-3-13(14)15/h1-8,14,17H,9-10H2,(H2,16,18,19). The summed E-state index contributed by atoms with van der Waals surface area (Å²) in [6.45, 7) is 0. The van der Waals surface area contributed by atoms with Crippen molar-refractivity contribution in [1.29, 1.82) is 0 Å². The Bertz CT molecular complexity index is 743. The largest absolute Gasteiger partial charge is 0.378 e. The molecule has 1 atom stereocenters. The molecule has 0 amide bonds. The third kappa shape index (κ3) is 3.23. The van der Waals surface area contributed by atoms with E-state index in [9.17, 15) is 8.42 Å². The summed E-state index contributed by atoms with van der Waals surface area (Å²) in [6, 6.07) is 15.2. The molecule has 3 N–H and O–H groups in total. The van der Waals surface area contributed by atoms with Crippen LogP contribution in [0, 0.1) is 0 Å². The van der Waals surface area contributed by atoms with Gasteiger partial charge in [-0.15, -0.1) is 11.8 Å². The molecule has 2 aromatic rings. The van der Waals surface area contributed by atoms with E-state index in [0.717, 1.165) is 17.9 Å². The zero-order chi connectivity index (χ0) is 14.9. The van der Waals surface area contributed by atoms with Crippen molar-refractivity contribution >= 4 is 27.5 Å². The number of sulfonamides is 1. The number of thioether (sulfide) groups is 1. The first-order valence-electron chi connectivity index (χ1n) is 6.65. The van der Waals surface area contributed by atoms with Gasteiger partial charge in [-0.2, -0.15) is 0 Å². The van der Waals surface area contributed by atoms with Crippen LogP contribution in [-0.2, 0) is 10.0 Å². The van der Waals surface area contributed by atoms with Crippen LogP contribution in [0.1, 0.15) is 18.0 Å². The number of nitrogens with two attached hydrogens (primary N) is 1. The van der Waals surface area contributed by atoms with E-state index in [1.54, 1.807) is 12.1 Å². The lowest BCUT2D eigenvalue weighted by atomic mass is 10.0. The number of hydrogen-bond acceptors (Lipinski definition) is 4. The number of hydrogen-bond donors (Lipinski definition) is 2. The van der Waals surface area contributed by atoms with E-state index in [0.29, 0.717) is 0 Å². The minimum absolute atomic E-state index is 0.132. The van der Waals surface area contributed by atoms with Gasteiger partial charge in [-0.3, -0.25) is 0 Å². The molecule has 4 nitrogen and oxygen atoms in total. The molecule has 0 aromatic heterocycles. The molecule has 1 heterocycles. The number of benzene rings is 2. The summed E-state index contributed by atoms with van der Waals surface area (Å²) < 4.78 is 22.5. The Morgan fingerprint density at radius 3 is 2.52 bits per heavy atom. The number of primary sulfonamides is 1. The quantitative estimate of drug-likeness (QED) is 0.912. The predicted octanol–water partition coefficient (Wildman–Crippen LogP) is 2.98. The van der Waals surface area contributed by atoms with Gasteiger partial charge in [0.2, 0.25) is 10.0 Å². The molecule has 1 aliphatic heterocycles. The fraction of sp³-hybridized carbons (Fsp3) is 0.200. The van der Waals surface area contributed by atoms with Crippen LogP contribution >= 0.6 is 11.8 Å². The second-order valence-corrected chi connectivity index (χ2v) is 7.64. The van der Waals surface area contributed by atoms with Gasteiger partial charge in [0.25, 0.3) is 0 Å². The maximum absolute atomic E-state index is 11.3. The fourth-order valence-corrected chi connectivity index (χ4v) is 4.07. The monoisotopic (exact) mass is 320 g/mol. The highest BCUT2D eigenvalue weighted by molar-refractivity contribution is 7.99. The third-order valence-electron chi connectivity index (χ3n) is 3.48. The molecule has 21 heavy (non-hydrogen) atoms. The summed E-state index contributed by atoms with van der Waals surface area (Å²) in [6.07, 6.45) is 1.04. The van der Waals surface area contributed by atoms with Gasteiger partial charge in [-0.05, 0) is 42.3 Å². The summed E-state index contributed by atoms with van der Waals surface area (Å²) in [5.74, 6) is 1.07. The predicted molar refractivity (Wildman–Crippen MR) is 86.0 cm³/mol. The number of rotatable bonds is 3. The zero-order valence-electron chi connectivity index (χ0n) is 11.3. The average molecular weight is 320 g/mol. The molecule has 0 saturated heterocycles. The molecule has 0 spiro atoms. The van der Waals surface area contributed by atoms with Crippen molar-refractivity contribution in [3.05, 3.63) is 54.1 Å². The van der Waals surface area contributed by atoms with Crippen LogP contribution in [0.5, 0.6) is 0 Å². The average Bonchev–Trinajstić information content (AvgIpc) is 2.47. The molecule has 0 aliphatic carbocycles. The molecule has 0 saturated carbocycles. The Kier molecular flexibility index (Phi) is 3.93. The molecule has 1 aliphatic rings. The van der Waals surface area contributed by atoms with E-state index < -0.39 is 10.0 Å². The van der Waals surface area contributed by atoms with Crippen LogP contribution in [0.4, 0.5) is 5.69 Å². The van der Waals surface area contributed by atoms with E-state index in [1.807, 2.05) is 17.8 Å². The van der Waals surface area contributed by atoms with Crippen molar-refractivity contribution in [2.24, 2.45) is 5.14 Å². The molecule has 3 rings (SSSR count). The SMILES string of the molecule is NS(=O)(=O)c1ccc(NC2CCSc3ccccc32)cc1. The van der Waals surface area contributed by atoms with E-state index >= 15 is 0 Å².